The third-order valence-corrected chi connectivity index (χ3v) is 11.4. The van der Waals surface area contributed by atoms with Crippen LogP contribution >= 0.6 is 0 Å². The second-order valence-electron chi connectivity index (χ2n) is 14.3. The maximum atomic E-state index is 6.53. The first-order valence-electron chi connectivity index (χ1n) is 18.5. The van der Waals surface area contributed by atoms with E-state index in [4.69, 9.17) is 8.83 Å². The van der Waals surface area contributed by atoms with Crippen LogP contribution in [-0.2, 0) is 0 Å². The van der Waals surface area contributed by atoms with E-state index in [9.17, 15) is 0 Å². The molecule has 0 aliphatic heterocycles. The Hall–Kier alpha value is -7.16. The molecule has 0 saturated heterocycles. The molecular formula is C52H30O2. The molecule has 0 radical (unpaired) electrons. The Bertz CT molecular complexity index is 3430. The van der Waals surface area contributed by atoms with Crippen molar-refractivity contribution in [1.82, 2.24) is 0 Å². The normalized spacial score (nSPS) is 12.1. The van der Waals surface area contributed by atoms with Crippen molar-refractivity contribution in [2.45, 2.75) is 0 Å². The summed E-state index contributed by atoms with van der Waals surface area (Å²) in [4.78, 5) is 0. The highest BCUT2D eigenvalue weighted by Crippen LogP contribution is 2.47. The van der Waals surface area contributed by atoms with Crippen molar-refractivity contribution in [3.05, 3.63) is 182 Å². The lowest BCUT2D eigenvalue weighted by Crippen LogP contribution is -1.92. The van der Waals surface area contributed by atoms with Crippen LogP contribution in [0, 0.1) is 0 Å². The smallest absolute Gasteiger partial charge is 0.178 e. The highest BCUT2D eigenvalue weighted by atomic mass is 16.4. The monoisotopic (exact) mass is 686 g/mol. The second kappa shape index (κ2) is 11.2. The summed E-state index contributed by atoms with van der Waals surface area (Å²) in [5.74, 6) is 0. The van der Waals surface area contributed by atoms with Gasteiger partial charge in [0, 0.05) is 21.5 Å². The third kappa shape index (κ3) is 4.17. The van der Waals surface area contributed by atoms with E-state index in [1.165, 1.54) is 71.1 Å². The quantitative estimate of drug-likeness (QED) is 0.173. The van der Waals surface area contributed by atoms with E-state index in [-0.39, 0.29) is 0 Å². The number of hydrogen-bond donors (Lipinski definition) is 0. The summed E-state index contributed by atoms with van der Waals surface area (Å²) < 4.78 is 12.9. The Morgan fingerprint density at radius 1 is 0.259 bits per heavy atom. The minimum Gasteiger partial charge on any atom is -0.452 e. The minimum atomic E-state index is 0.799. The first-order chi connectivity index (χ1) is 26.8. The van der Waals surface area contributed by atoms with E-state index in [1.54, 1.807) is 0 Å². The van der Waals surface area contributed by atoms with Crippen LogP contribution in [0.15, 0.2) is 191 Å². The molecular weight excluding hydrogens is 657 g/mol. The molecule has 2 aromatic heterocycles. The summed E-state index contributed by atoms with van der Waals surface area (Å²) in [7, 11) is 0. The number of para-hydroxylation sites is 1. The van der Waals surface area contributed by atoms with E-state index >= 15 is 0 Å². The predicted molar refractivity (Wildman–Crippen MR) is 227 cm³/mol. The summed E-state index contributed by atoms with van der Waals surface area (Å²) in [6.45, 7) is 0. The van der Waals surface area contributed by atoms with Crippen molar-refractivity contribution in [2.24, 2.45) is 0 Å². The summed E-state index contributed by atoms with van der Waals surface area (Å²) in [6, 6.07) is 65.9. The molecule has 0 unspecified atom stereocenters. The zero-order chi connectivity index (χ0) is 35.3. The van der Waals surface area contributed by atoms with E-state index in [2.05, 4.69) is 164 Å². The van der Waals surface area contributed by atoms with E-state index in [0.29, 0.717) is 0 Å². The second-order valence-corrected chi connectivity index (χ2v) is 14.3. The first kappa shape index (κ1) is 29.4. The van der Waals surface area contributed by atoms with Crippen LogP contribution < -0.4 is 0 Å². The first-order valence-corrected chi connectivity index (χ1v) is 18.5. The van der Waals surface area contributed by atoms with Gasteiger partial charge in [-0.1, -0.05) is 146 Å². The summed E-state index contributed by atoms with van der Waals surface area (Å²) in [5.41, 5.74) is 10.8. The maximum absolute atomic E-state index is 6.53. The highest BCUT2D eigenvalue weighted by molar-refractivity contribution is 6.24. The number of fused-ring (bicyclic) bond motifs is 11. The van der Waals surface area contributed by atoms with Gasteiger partial charge in [0.15, 0.2) is 11.2 Å². The molecule has 0 bridgehead atoms. The molecule has 0 fully saturated rings. The number of furan rings is 2. The SMILES string of the molecule is c1ccc(-c2c3ccccc3c(-c3ccc(-c4ccc5cc6oc7c(ccc8c9ccccc9oc87)c6cc5c4)c4ccccc34)c3ccccc23)cc1. The Morgan fingerprint density at radius 3 is 1.50 bits per heavy atom. The molecule has 12 aromatic rings. The molecule has 0 aliphatic carbocycles. The fraction of sp³-hybridized carbons (Fsp3) is 0. The number of hydrogen-bond acceptors (Lipinski definition) is 2. The molecule has 54 heavy (non-hydrogen) atoms. The Morgan fingerprint density at radius 2 is 0.796 bits per heavy atom. The molecule has 0 N–H and O–H groups in total. The van der Waals surface area contributed by atoms with Crippen molar-refractivity contribution in [3.63, 3.8) is 0 Å². The van der Waals surface area contributed by atoms with Gasteiger partial charge in [0.05, 0.1) is 0 Å². The standard InChI is InChI=1S/C52H30O2/c1-2-12-31(13-3-1)49-39-17-6-8-19-41(39)50(42-20-9-7-18-40(42)49)43-25-24-35(36-14-4-5-15-37(36)43)33-23-22-32-30-48-46(29-34(32)28-33)45-27-26-44-38-16-10-11-21-47(38)53-51(44)52(45)54-48/h1-30H. The van der Waals surface area contributed by atoms with Gasteiger partial charge in [0.2, 0.25) is 0 Å². The lowest BCUT2D eigenvalue weighted by atomic mass is 9.84. The fourth-order valence-electron chi connectivity index (χ4n) is 9.03. The van der Waals surface area contributed by atoms with Crippen LogP contribution in [0.4, 0.5) is 0 Å². The van der Waals surface area contributed by atoms with Gasteiger partial charge in [-0.3, -0.25) is 0 Å². The average Bonchev–Trinajstić information content (AvgIpc) is 3.80. The Kier molecular flexibility index (Phi) is 6.09. The highest BCUT2D eigenvalue weighted by Gasteiger charge is 2.20. The average molecular weight is 687 g/mol. The van der Waals surface area contributed by atoms with E-state index in [1.807, 2.05) is 18.2 Å². The van der Waals surface area contributed by atoms with Crippen molar-refractivity contribution in [3.8, 4) is 33.4 Å². The van der Waals surface area contributed by atoms with Crippen LogP contribution in [0.1, 0.15) is 0 Å². The fourth-order valence-corrected chi connectivity index (χ4v) is 9.03. The van der Waals surface area contributed by atoms with Gasteiger partial charge >= 0.3 is 0 Å². The molecule has 0 saturated carbocycles. The molecule has 12 rings (SSSR count). The summed E-state index contributed by atoms with van der Waals surface area (Å²) in [6.07, 6.45) is 0. The summed E-state index contributed by atoms with van der Waals surface area (Å²) >= 11 is 0. The third-order valence-electron chi connectivity index (χ3n) is 11.4. The molecule has 2 heterocycles. The molecule has 0 amide bonds. The molecule has 2 heteroatoms. The molecule has 0 spiro atoms. The van der Waals surface area contributed by atoms with Crippen molar-refractivity contribution in [2.75, 3.05) is 0 Å². The summed E-state index contributed by atoms with van der Waals surface area (Å²) in [5, 5.41) is 14.2. The van der Waals surface area contributed by atoms with Crippen LogP contribution in [0.3, 0.4) is 0 Å². The largest absolute Gasteiger partial charge is 0.452 e. The van der Waals surface area contributed by atoms with Crippen LogP contribution in [0.2, 0.25) is 0 Å². The lowest BCUT2D eigenvalue weighted by molar-refractivity contribution is 0.633. The zero-order valence-electron chi connectivity index (χ0n) is 29.1. The van der Waals surface area contributed by atoms with Gasteiger partial charge in [-0.15, -0.1) is 0 Å². The van der Waals surface area contributed by atoms with Crippen molar-refractivity contribution >= 4 is 87.0 Å². The lowest BCUT2D eigenvalue weighted by Gasteiger charge is -2.19. The molecule has 250 valence electrons. The van der Waals surface area contributed by atoms with Crippen molar-refractivity contribution < 1.29 is 8.83 Å². The topological polar surface area (TPSA) is 26.3 Å². The van der Waals surface area contributed by atoms with Gasteiger partial charge < -0.3 is 8.83 Å². The number of rotatable bonds is 3. The predicted octanol–water partition coefficient (Wildman–Crippen LogP) is 15.1. The van der Waals surface area contributed by atoms with Crippen LogP contribution in [0.25, 0.3) is 120 Å². The zero-order valence-corrected chi connectivity index (χ0v) is 29.1. The Labute approximate surface area is 310 Å². The van der Waals surface area contributed by atoms with Crippen LogP contribution in [0.5, 0.6) is 0 Å². The molecule has 2 nitrogen and oxygen atoms in total. The minimum absolute atomic E-state index is 0.799. The molecule has 0 atom stereocenters. The van der Waals surface area contributed by atoms with E-state index in [0.717, 1.165) is 49.3 Å². The van der Waals surface area contributed by atoms with Crippen LogP contribution in [-0.4, -0.2) is 0 Å². The Balaban J connectivity index is 1.06. The van der Waals surface area contributed by atoms with E-state index < -0.39 is 0 Å². The van der Waals surface area contributed by atoms with Gasteiger partial charge in [-0.25, -0.2) is 0 Å². The number of benzene rings is 10. The molecule has 10 aromatic carbocycles. The van der Waals surface area contributed by atoms with Gasteiger partial charge in [-0.05, 0) is 113 Å². The maximum Gasteiger partial charge on any atom is 0.178 e. The van der Waals surface area contributed by atoms with Gasteiger partial charge in [0.25, 0.3) is 0 Å². The van der Waals surface area contributed by atoms with Crippen molar-refractivity contribution in [1.29, 1.82) is 0 Å². The van der Waals surface area contributed by atoms with Gasteiger partial charge in [-0.2, -0.15) is 0 Å². The molecule has 0 aliphatic rings. The van der Waals surface area contributed by atoms with Gasteiger partial charge in [0.1, 0.15) is 11.2 Å².